The fourth-order valence-electron chi connectivity index (χ4n) is 3.99. The van der Waals surface area contributed by atoms with Gasteiger partial charge in [0, 0.05) is 43.4 Å². The van der Waals surface area contributed by atoms with E-state index in [1.807, 2.05) is 42.1 Å². The highest BCUT2D eigenvalue weighted by Crippen LogP contribution is 2.29. The topological polar surface area (TPSA) is 43.1 Å². The summed E-state index contributed by atoms with van der Waals surface area (Å²) in [6, 6.07) is 13.1. The van der Waals surface area contributed by atoms with Crippen LogP contribution >= 0.6 is 0 Å². The van der Waals surface area contributed by atoms with Gasteiger partial charge < -0.3 is 4.90 Å². The number of aryl methyl sites for hydroxylation is 2. The van der Waals surface area contributed by atoms with Crippen LogP contribution in [0.15, 0.2) is 42.5 Å². The summed E-state index contributed by atoms with van der Waals surface area (Å²) in [5.41, 5.74) is 4.65. The van der Waals surface area contributed by atoms with E-state index in [9.17, 15) is 13.6 Å². The molecule has 0 saturated carbocycles. The SMILES string of the molecule is Cc1ccc(C(=O)N2CCc3nn(C)c(-c4ccccc4)c3CC2)n1C(F)F. The molecule has 0 bridgehead atoms. The van der Waals surface area contributed by atoms with Crippen molar-refractivity contribution in [2.75, 3.05) is 13.1 Å². The van der Waals surface area contributed by atoms with Gasteiger partial charge >= 0.3 is 6.55 Å². The van der Waals surface area contributed by atoms with Crippen molar-refractivity contribution < 1.29 is 13.6 Å². The smallest absolute Gasteiger partial charge is 0.319 e. The van der Waals surface area contributed by atoms with Crippen LogP contribution in [0.25, 0.3) is 11.3 Å². The second-order valence-corrected chi connectivity index (χ2v) is 7.06. The Kier molecular flexibility index (Phi) is 4.75. The minimum Gasteiger partial charge on any atom is -0.337 e. The Hall–Kier alpha value is -2.96. The molecule has 1 aliphatic heterocycles. The predicted molar refractivity (Wildman–Crippen MR) is 102 cm³/mol. The Balaban J connectivity index is 1.61. The second-order valence-electron chi connectivity index (χ2n) is 7.06. The molecule has 0 fully saturated rings. The van der Waals surface area contributed by atoms with Crippen LogP contribution in [0.3, 0.4) is 0 Å². The third-order valence-corrected chi connectivity index (χ3v) is 5.35. The van der Waals surface area contributed by atoms with Crippen LogP contribution in [0.1, 0.15) is 34.0 Å². The number of carbonyl (C=O) groups is 1. The van der Waals surface area contributed by atoms with Crippen LogP contribution in [-0.4, -0.2) is 38.2 Å². The third kappa shape index (κ3) is 3.10. The molecule has 0 spiro atoms. The van der Waals surface area contributed by atoms with Crippen molar-refractivity contribution in [2.45, 2.75) is 26.3 Å². The molecular formula is C21H22F2N4O. The van der Waals surface area contributed by atoms with Crippen LogP contribution in [0, 0.1) is 6.92 Å². The lowest BCUT2D eigenvalue weighted by molar-refractivity contribution is 0.0554. The van der Waals surface area contributed by atoms with Gasteiger partial charge in [-0.3, -0.25) is 14.0 Å². The van der Waals surface area contributed by atoms with Crippen molar-refractivity contribution in [3.8, 4) is 11.3 Å². The third-order valence-electron chi connectivity index (χ3n) is 5.35. The minimum atomic E-state index is -2.73. The number of nitrogens with zero attached hydrogens (tertiary/aromatic N) is 4. The normalized spacial score (nSPS) is 14.2. The number of alkyl halides is 2. The molecule has 5 nitrogen and oxygen atoms in total. The van der Waals surface area contributed by atoms with Crippen molar-refractivity contribution >= 4 is 5.91 Å². The molecule has 0 radical (unpaired) electrons. The number of benzene rings is 1. The lowest BCUT2D eigenvalue weighted by atomic mass is 10.0. The highest BCUT2D eigenvalue weighted by molar-refractivity contribution is 5.93. The Morgan fingerprint density at radius 1 is 1.07 bits per heavy atom. The fourth-order valence-corrected chi connectivity index (χ4v) is 3.99. The Bertz CT molecular complexity index is 1010. The first-order chi connectivity index (χ1) is 13.5. The van der Waals surface area contributed by atoms with Crippen LogP contribution in [0.2, 0.25) is 0 Å². The quantitative estimate of drug-likeness (QED) is 0.689. The lowest BCUT2D eigenvalue weighted by Gasteiger charge is -2.21. The number of hydrogen-bond donors (Lipinski definition) is 0. The van der Waals surface area contributed by atoms with E-state index in [2.05, 4.69) is 5.10 Å². The molecule has 7 heteroatoms. The number of fused-ring (bicyclic) bond motifs is 1. The van der Waals surface area contributed by atoms with E-state index in [1.165, 1.54) is 6.07 Å². The molecule has 0 unspecified atom stereocenters. The van der Waals surface area contributed by atoms with E-state index in [-0.39, 0.29) is 11.6 Å². The van der Waals surface area contributed by atoms with Gasteiger partial charge in [-0.1, -0.05) is 30.3 Å². The zero-order chi connectivity index (χ0) is 19.8. The van der Waals surface area contributed by atoms with Crippen LogP contribution in [-0.2, 0) is 19.9 Å². The summed E-state index contributed by atoms with van der Waals surface area (Å²) in [4.78, 5) is 14.6. The summed E-state index contributed by atoms with van der Waals surface area (Å²) in [6.07, 6.45) is 1.25. The molecular weight excluding hydrogens is 362 g/mol. The minimum absolute atomic E-state index is 0.0379. The lowest BCUT2D eigenvalue weighted by Crippen LogP contribution is -2.35. The van der Waals surface area contributed by atoms with Gasteiger partial charge in [-0.2, -0.15) is 13.9 Å². The molecule has 146 valence electrons. The van der Waals surface area contributed by atoms with Crippen molar-refractivity contribution in [2.24, 2.45) is 7.05 Å². The van der Waals surface area contributed by atoms with E-state index in [1.54, 1.807) is 17.9 Å². The molecule has 28 heavy (non-hydrogen) atoms. The van der Waals surface area contributed by atoms with Gasteiger partial charge in [0.25, 0.3) is 5.91 Å². The van der Waals surface area contributed by atoms with Gasteiger partial charge in [-0.25, -0.2) is 0 Å². The average molecular weight is 384 g/mol. The molecule has 0 aliphatic carbocycles. The highest BCUT2D eigenvalue weighted by Gasteiger charge is 2.27. The van der Waals surface area contributed by atoms with Crippen LogP contribution in [0.4, 0.5) is 8.78 Å². The standard InChI is InChI=1S/C21H22F2N4O/c1-14-8-9-18(27(14)21(22)23)20(28)26-12-10-16-17(11-13-26)24-25(2)19(16)15-6-4-3-5-7-15/h3-9,21H,10-13H2,1-2H3. The number of amides is 1. The summed E-state index contributed by atoms with van der Waals surface area (Å²) in [6.45, 7) is -0.210. The summed E-state index contributed by atoms with van der Waals surface area (Å²) in [5.74, 6) is -0.357. The van der Waals surface area contributed by atoms with Crippen LogP contribution in [0.5, 0.6) is 0 Å². The summed E-state index contributed by atoms with van der Waals surface area (Å²) in [7, 11) is 1.93. The highest BCUT2D eigenvalue weighted by atomic mass is 19.3. The van der Waals surface area contributed by atoms with Crippen molar-refractivity contribution in [3.63, 3.8) is 0 Å². The largest absolute Gasteiger partial charge is 0.337 e. The molecule has 2 aromatic heterocycles. The Labute approximate surface area is 162 Å². The summed E-state index contributed by atoms with van der Waals surface area (Å²) in [5, 5.41) is 4.66. The maximum absolute atomic E-state index is 13.4. The van der Waals surface area contributed by atoms with Gasteiger partial charge in [-0.15, -0.1) is 0 Å². The first-order valence-corrected chi connectivity index (χ1v) is 9.32. The number of rotatable bonds is 3. The van der Waals surface area contributed by atoms with Crippen molar-refractivity contribution in [3.05, 3.63) is 65.1 Å². The van der Waals surface area contributed by atoms with E-state index in [0.717, 1.165) is 27.1 Å². The molecule has 3 heterocycles. The first kappa shape index (κ1) is 18.4. The maximum Gasteiger partial charge on any atom is 0.319 e. The van der Waals surface area contributed by atoms with E-state index in [0.29, 0.717) is 31.6 Å². The maximum atomic E-state index is 13.4. The number of hydrogen-bond acceptors (Lipinski definition) is 2. The molecule has 0 N–H and O–H groups in total. The molecule has 0 atom stereocenters. The monoisotopic (exact) mass is 384 g/mol. The average Bonchev–Trinajstić information content (AvgIpc) is 3.14. The summed E-state index contributed by atoms with van der Waals surface area (Å²) < 4.78 is 29.4. The van der Waals surface area contributed by atoms with E-state index < -0.39 is 6.55 Å². The Morgan fingerprint density at radius 3 is 2.50 bits per heavy atom. The summed E-state index contributed by atoms with van der Waals surface area (Å²) >= 11 is 0. The number of aromatic nitrogens is 3. The molecule has 1 aliphatic rings. The van der Waals surface area contributed by atoms with Gasteiger partial charge in [0.05, 0.1) is 11.4 Å². The van der Waals surface area contributed by atoms with Crippen molar-refractivity contribution in [1.29, 1.82) is 0 Å². The fraction of sp³-hybridized carbons (Fsp3) is 0.333. The van der Waals surface area contributed by atoms with Crippen molar-refractivity contribution in [1.82, 2.24) is 19.2 Å². The van der Waals surface area contributed by atoms with E-state index >= 15 is 0 Å². The zero-order valence-corrected chi connectivity index (χ0v) is 15.9. The van der Waals surface area contributed by atoms with Crippen LogP contribution < -0.4 is 0 Å². The molecule has 4 rings (SSSR count). The molecule has 0 saturated heterocycles. The molecule has 3 aromatic rings. The second kappa shape index (κ2) is 7.22. The molecule has 1 aromatic carbocycles. The van der Waals surface area contributed by atoms with Gasteiger partial charge in [0.15, 0.2) is 0 Å². The number of carbonyl (C=O) groups excluding carboxylic acids is 1. The number of halogens is 2. The predicted octanol–water partition coefficient (Wildman–Crippen LogP) is 3.83. The molecule has 1 amide bonds. The van der Waals surface area contributed by atoms with Gasteiger partial charge in [-0.05, 0) is 25.5 Å². The van der Waals surface area contributed by atoms with Gasteiger partial charge in [0.2, 0.25) is 0 Å². The zero-order valence-electron chi connectivity index (χ0n) is 15.9. The van der Waals surface area contributed by atoms with E-state index in [4.69, 9.17) is 0 Å². The Morgan fingerprint density at radius 2 is 1.79 bits per heavy atom. The first-order valence-electron chi connectivity index (χ1n) is 9.32. The van der Waals surface area contributed by atoms with Gasteiger partial charge in [0.1, 0.15) is 5.69 Å².